The normalized spacial score (nSPS) is 14.1. The van der Waals surface area contributed by atoms with E-state index in [9.17, 15) is 19.2 Å². The van der Waals surface area contributed by atoms with E-state index in [1.807, 2.05) is 5.38 Å². The van der Waals surface area contributed by atoms with Crippen molar-refractivity contribution < 1.29 is 23.9 Å². The summed E-state index contributed by atoms with van der Waals surface area (Å²) < 4.78 is 4.98. The van der Waals surface area contributed by atoms with Crippen LogP contribution in [0.15, 0.2) is 16.8 Å². The van der Waals surface area contributed by atoms with E-state index in [0.717, 1.165) is 0 Å². The van der Waals surface area contributed by atoms with Crippen LogP contribution in [-0.4, -0.2) is 67.5 Å². The van der Waals surface area contributed by atoms with Crippen LogP contribution in [-0.2, 0) is 14.3 Å². The molecular formula is C20H30N4O5S. The van der Waals surface area contributed by atoms with E-state index in [1.165, 1.54) is 11.3 Å². The Bertz CT molecular complexity index is 702. The van der Waals surface area contributed by atoms with E-state index < -0.39 is 0 Å². The fourth-order valence-corrected chi connectivity index (χ4v) is 3.71. The molecule has 1 fully saturated rings. The van der Waals surface area contributed by atoms with Crippen LogP contribution in [0.3, 0.4) is 0 Å². The molecule has 2 heterocycles. The van der Waals surface area contributed by atoms with Crippen molar-refractivity contribution in [1.29, 1.82) is 0 Å². The standard InChI is InChI=1S/C20H30N4O5S/c1-2-29-20(28)24-11-6-16(7-12-24)23-18(26)4-3-9-21-17(25)5-10-22-19(27)15-8-13-30-14-15/h8,13-14,16H,2-7,9-12H2,1H3,(H,21,25)(H,22,27)(H,23,26). The summed E-state index contributed by atoms with van der Waals surface area (Å²) in [6.45, 7) is 3.95. The van der Waals surface area contributed by atoms with Gasteiger partial charge in [0.25, 0.3) is 5.91 Å². The molecule has 166 valence electrons. The van der Waals surface area contributed by atoms with Crippen molar-refractivity contribution in [2.24, 2.45) is 0 Å². The first kappa shape index (κ1) is 23.7. The summed E-state index contributed by atoms with van der Waals surface area (Å²) in [7, 11) is 0. The first-order chi connectivity index (χ1) is 14.5. The fourth-order valence-electron chi connectivity index (χ4n) is 3.07. The van der Waals surface area contributed by atoms with E-state index in [4.69, 9.17) is 4.74 Å². The molecule has 0 bridgehead atoms. The number of nitrogens with one attached hydrogen (secondary N) is 3. The highest BCUT2D eigenvalue weighted by Crippen LogP contribution is 2.12. The maximum Gasteiger partial charge on any atom is 0.409 e. The number of hydrogen-bond acceptors (Lipinski definition) is 6. The zero-order valence-electron chi connectivity index (χ0n) is 17.3. The average Bonchev–Trinajstić information content (AvgIpc) is 3.27. The molecule has 0 saturated carbocycles. The molecule has 0 aromatic carbocycles. The smallest absolute Gasteiger partial charge is 0.409 e. The summed E-state index contributed by atoms with van der Waals surface area (Å²) in [6, 6.07) is 1.79. The third-order valence-corrected chi connectivity index (χ3v) is 5.39. The van der Waals surface area contributed by atoms with Gasteiger partial charge in [-0.2, -0.15) is 11.3 Å². The first-order valence-corrected chi connectivity index (χ1v) is 11.2. The van der Waals surface area contributed by atoms with Gasteiger partial charge in [-0.3, -0.25) is 14.4 Å². The third kappa shape index (κ3) is 8.40. The molecule has 10 heteroatoms. The van der Waals surface area contributed by atoms with Crippen LogP contribution in [0.4, 0.5) is 4.79 Å². The molecule has 1 aromatic heterocycles. The van der Waals surface area contributed by atoms with Gasteiger partial charge in [0, 0.05) is 56.0 Å². The predicted octanol–water partition coefficient (Wildman–Crippen LogP) is 1.50. The van der Waals surface area contributed by atoms with E-state index in [1.54, 1.807) is 23.3 Å². The van der Waals surface area contributed by atoms with E-state index in [2.05, 4.69) is 16.0 Å². The molecule has 1 aliphatic rings. The zero-order valence-corrected chi connectivity index (χ0v) is 18.1. The molecule has 0 spiro atoms. The lowest BCUT2D eigenvalue weighted by molar-refractivity contribution is -0.123. The van der Waals surface area contributed by atoms with Crippen LogP contribution in [0.1, 0.15) is 49.4 Å². The number of piperidine rings is 1. The number of ether oxygens (including phenoxy) is 1. The summed E-state index contributed by atoms with van der Waals surface area (Å²) in [5, 5.41) is 12.0. The number of carbonyl (C=O) groups is 4. The Hall–Kier alpha value is -2.62. The lowest BCUT2D eigenvalue weighted by atomic mass is 10.1. The maximum atomic E-state index is 12.1. The average molecular weight is 439 g/mol. The lowest BCUT2D eigenvalue weighted by Gasteiger charge is -2.31. The van der Waals surface area contributed by atoms with Gasteiger partial charge < -0.3 is 25.6 Å². The molecule has 1 saturated heterocycles. The molecule has 9 nitrogen and oxygen atoms in total. The molecule has 3 N–H and O–H groups in total. The maximum absolute atomic E-state index is 12.1. The number of carbonyl (C=O) groups excluding carboxylic acids is 4. The summed E-state index contributed by atoms with van der Waals surface area (Å²) in [6.07, 6.45) is 2.18. The van der Waals surface area contributed by atoms with Crippen molar-refractivity contribution >= 4 is 35.2 Å². The Morgan fingerprint density at radius 3 is 2.53 bits per heavy atom. The minimum absolute atomic E-state index is 0.0538. The Balaban J connectivity index is 1.49. The van der Waals surface area contributed by atoms with Crippen molar-refractivity contribution in [1.82, 2.24) is 20.9 Å². The van der Waals surface area contributed by atoms with Crippen molar-refractivity contribution in [3.05, 3.63) is 22.4 Å². The number of hydrogen-bond donors (Lipinski definition) is 3. The van der Waals surface area contributed by atoms with E-state index in [-0.39, 0.29) is 42.8 Å². The predicted molar refractivity (Wildman–Crippen MR) is 113 cm³/mol. The quantitative estimate of drug-likeness (QED) is 0.479. The highest BCUT2D eigenvalue weighted by Gasteiger charge is 2.24. The van der Waals surface area contributed by atoms with Gasteiger partial charge in [0.1, 0.15) is 0 Å². The number of nitrogens with zero attached hydrogens (tertiary/aromatic N) is 1. The SMILES string of the molecule is CCOC(=O)N1CCC(NC(=O)CCCNC(=O)CCNC(=O)c2ccsc2)CC1. The molecule has 0 aliphatic carbocycles. The first-order valence-electron chi connectivity index (χ1n) is 10.3. The summed E-state index contributed by atoms with van der Waals surface area (Å²) >= 11 is 1.44. The van der Waals surface area contributed by atoms with Crippen molar-refractivity contribution in [3.63, 3.8) is 0 Å². The van der Waals surface area contributed by atoms with E-state index >= 15 is 0 Å². The highest BCUT2D eigenvalue weighted by molar-refractivity contribution is 7.08. The Morgan fingerprint density at radius 2 is 1.87 bits per heavy atom. The van der Waals surface area contributed by atoms with Crippen LogP contribution in [0, 0.1) is 0 Å². The van der Waals surface area contributed by atoms with Crippen LogP contribution in [0.25, 0.3) is 0 Å². The molecule has 0 unspecified atom stereocenters. The van der Waals surface area contributed by atoms with Crippen LogP contribution in [0.5, 0.6) is 0 Å². The molecule has 0 atom stereocenters. The van der Waals surface area contributed by atoms with Crippen LogP contribution >= 0.6 is 11.3 Å². The number of rotatable bonds is 10. The van der Waals surface area contributed by atoms with Crippen LogP contribution < -0.4 is 16.0 Å². The fraction of sp³-hybridized carbons (Fsp3) is 0.600. The molecular weight excluding hydrogens is 408 g/mol. The van der Waals surface area contributed by atoms with Gasteiger partial charge >= 0.3 is 6.09 Å². The number of likely N-dealkylation sites (tertiary alicyclic amines) is 1. The molecule has 1 aliphatic heterocycles. The minimum atomic E-state index is -0.302. The van der Waals surface area contributed by atoms with Crippen molar-refractivity contribution in [3.8, 4) is 0 Å². The summed E-state index contributed by atoms with van der Waals surface area (Å²) in [5.74, 6) is -0.400. The van der Waals surface area contributed by atoms with Gasteiger partial charge in [-0.05, 0) is 37.6 Å². The second-order valence-corrected chi connectivity index (χ2v) is 7.78. The van der Waals surface area contributed by atoms with Gasteiger partial charge in [-0.1, -0.05) is 0 Å². The largest absolute Gasteiger partial charge is 0.450 e. The van der Waals surface area contributed by atoms with Crippen LogP contribution in [0.2, 0.25) is 0 Å². The number of amides is 4. The monoisotopic (exact) mass is 438 g/mol. The number of thiophene rings is 1. The highest BCUT2D eigenvalue weighted by atomic mass is 32.1. The second kappa shape index (κ2) is 12.8. The zero-order chi connectivity index (χ0) is 21.8. The van der Waals surface area contributed by atoms with Gasteiger partial charge in [0.2, 0.25) is 11.8 Å². The molecule has 2 rings (SSSR count). The second-order valence-electron chi connectivity index (χ2n) is 7.00. The summed E-state index contributed by atoms with van der Waals surface area (Å²) in [4.78, 5) is 48.9. The Morgan fingerprint density at radius 1 is 1.10 bits per heavy atom. The van der Waals surface area contributed by atoms with Gasteiger partial charge in [0.15, 0.2) is 0 Å². The van der Waals surface area contributed by atoms with Crippen molar-refractivity contribution in [2.75, 3.05) is 32.8 Å². The van der Waals surface area contributed by atoms with Gasteiger partial charge in [0.05, 0.1) is 6.61 Å². The van der Waals surface area contributed by atoms with Crippen molar-refractivity contribution in [2.45, 2.75) is 45.1 Å². The molecule has 0 radical (unpaired) electrons. The topological polar surface area (TPSA) is 117 Å². The molecule has 30 heavy (non-hydrogen) atoms. The molecule has 1 aromatic rings. The third-order valence-electron chi connectivity index (χ3n) is 4.71. The Labute approximate surface area is 180 Å². The van der Waals surface area contributed by atoms with Gasteiger partial charge in [-0.15, -0.1) is 0 Å². The molecule has 4 amide bonds. The Kier molecular flexibility index (Phi) is 10.1. The van der Waals surface area contributed by atoms with E-state index in [0.29, 0.717) is 57.5 Å². The van der Waals surface area contributed by atoms with Gasteiger partial charge in [-0.25, -0.2) is 4.79 Å². The summed E-state index contributed by atoms with van der Waals surface area (Å²) in [5.41, 5.74) is 0.595. The lowest BCUT2D eigenvalue weighted by Crippen LogP contribution is -2.46. The minimum Gasteiger partial charge on any atom is -0.450 e.